The normalized spacial score (nSPS) is 11.8. The predicted octanol–water partition coefficient (Wildman–Crippen LogP) is 3.35. The van der Waals surface area contributed by atoms with E-state index in [-0.39, 0.29) is 5.95 Å². The van der Waals surface area contributed by atoms with Crippen LogP contribution in [0.25, 0.3) is 10.9 Å². The lowest BCUT2D eigenvalue weighted by Crippen LogP contribution is -2.13. The Morgan fingerprint density at radius 2 is 1.96 bits per heavy atom. The number of para-hydroxylation sites is 1. The first kappa shape index (κ1) is 15.3. The Kier molecular flexibility index (Phi) is 4.14. The number of alkyl halides is 3. The fraction of sp³-hybridized carbons (Fsp3) is 0.267. The van der Waals surface area contributed by atoms with E-state index in [0.717, 1.165) is 23.2 Å². The molecule has 0 unspecified atom stereocenters. The zero-order valence-corrected chi connectivity index (χ0v) is 12.1. The molecule has 0 atom stereocenters. The van der Waals surface area contributed by atoms with Gasteiger partial charge < -0.3 is 5.32 Å². The summed E-state index contributed by atoms with van der Waals surface area (Å²) in [6.07, 6.45) is -0.892. The Morgan fingerprint density at radius 1 is 1.13 bits per heavy atom. The molecule has 0 aliphatic carbocycles. The molecule has 0 aliphatic heterocycles. The average molecular weight is 321 g/mol. The maximum Gasteiger partial charge on any atom is 0.433 e. The Morgan fingerprint density at radius 3 is 2.78 bits per heavy atom. The molecule has 2 heterocycles. The molecular formula is C15H14F3N5. The molecule has 0 radical (unpaired) electrons. The summed E-state index contributed by atoms with van der Waals surface area (Å²) in [6.45, 7) is 1.11. The smallest absolute Gasteiger partial charge is 0.354 e. The van der Waals surface area contributed by atoms with E-state index in [1.54, 1.807) is 6.20 Å². The Labute approximate surface area is 130 Å². The van der Waals surface area contributed by atoms with Crippen molar-refractivity contribution in [1.82, 2.24) is 19.7 Å². The molecule has 0 saturated carbocycles. The number of halogens is 3. The van der Waals surface area contributed by atoms with E-state index in [0.29, 0.717) is 19.5 Å². The highest BCUT2D eigenvalue weighted by Gasteiger charge is 2.32. The van der Waals surface area contributed by atoms with Gasteiger partial charge >= 0.3 is 6.18 Å². The molecule has 23 heavy (non-hydrogen) atoms. The van der Waals surface area contributed by atoms with E-state index in [4.69, 9.17) is 0 Å². The molecule has 0 saturated heterocycles. The molecule has 120 valence electrons. The molecule has 0 spiro atoms. The average Bonchev–Trinajstić information content (AvgIpc) is 2.94. The van der Waals surface area contributed by atoms with Crippen LogP contribution >= 0.6 is 0 Å². The third-order valence-electron chi connectivity index (χ3n) is 3.33. The van der Waals surface area contributed by atoms with Gasteiger partial charge in [-0.25, -0.2) is 9.97 Å². The van der Waals surface area contributed by atoms with Crippen molar-refractivity contribution < 1.29 is 13.2 Å². The number of fused-ring (bicyclic) bond motifs is 1. The maximum atomic E-state index is 12.6. The van der Waals surface area contributed by atoms with Gasteiger partial charge in [-0.15, -0.1) is 0 Å². The van der Waals surface area contributed by atoms with E-state index < -0.39 is 11.9 Å². The van der Waals surface area contributed by atoms with Crippen LogP contribution in [-0.2, 0) is 12.7 Å². The van der Waals surface area contributed by atoms with Crippen molar-refractivity contribution in [3.63, 3.8) is 0 Å². The van der Waals surface area contributed by atoms with Gasteiger partial charge in [-0.3, -0.25) is 4.68 Å². The minimum Gasteiger partial charge on any atom is -0.354 e. The number of hydrogen-bond acceptors (Lipinski definition) is 4. The molecule has 1 N–H and O–H groups in total. The highest BCUT2D eigenvalue weighted by atomic mass is 19.4. The van der Waals surface area contributed by atoms with Gasteiger partial charge in [0.1, 0.15) is 5.69 Å². The highest BCUT2D eigenvalue weighted by Crippen LogP contribution is 2.27. The quantitative estimate of drug-likeness (QED) is 0.732. The van der Waals surface area contributed by atoms with Crippen LogP contribution in [-0.4, -0.2) is 26.3 Å². The lowest BCUT2D eigenvalue weighted by Gasteiger charge is -2.09. The first-order chi connectivity index (χ1) is 11.0. The molecule has 0 amide bonds. The van der Waals surface area contributed by atoms with Gasteiger partial charge in [-0.1, -0.05) is 18.2 Å². The first-order valence-corrected chi connectivity index (χ1v) is 7.09. The molecule has 1 aromatic carbocycles. The Bertz CT molecular complexity index is 797. The van der Waals surface area contributed by atoms with E-state index in [1.807, 2.05) is 28.9 Å². The minimum atomic E-state index is -4.46. The van der Waals surface area contributed by atoms with Crippen LogP contribution in [0.15, 0.2) is 42.7 Å². The van der Waals surface area contributed by atoms with Gasteiger partial charge in [0.25, 0.3) is 0 Å². The molecule has 0 fully saturated rings. The van der Waals surface area contributed by atoms with Crippen molar-refractivity contribution in [1.29, 1.82) is 0 Å². The van der Waals surface area contributed by atoms with Crippen LogP contribution in [0.5, 0.6) is 0 Å². The van der Waals surface area contributed by atoms with Gasteiger partial charge in [-0.05, 0) is 18.6 Å². The number of rotatable bonds is 5. The van der Waals surface area contributed by atoms with Crippen LogP contribution in [0.1, 0.15) is 12.1 Å². The van der Waals surface area contributed by atoms with Crippen molar-refractivity contribution in [2.75, 3.05) is 11.9 Å². The van der Waals surface area contributed by atoms with Gasteiger partial charge in [0.15, 0.2) is 0 Å². The van der Waals surface area contributed by atoms with Crippen LogP contribution in [0.3, 0.4) is 0 Å². The summed E-state index contributed by atoms with van der Waals surface area (Å²) in [5.41, 5.74) is 0.0795. The molecule has 3 aromatic rings. The van der Waals surface area contributed by atoms with Crippen molar-refractivity contribution in [3.8, 4) is 0 Å². The number of hydrogen-bond donors (Lipinski definition) is 1. The number of aryl methyl sites for hydroxylation is 1. The van der Waals surface area contributed by atoms with Crippen LogP contribution in [0, 0.1) is 0 Å². The summed E-state index contributed by atoms with van der Waals surface area (Å²) in [7, 11) is 0. The number of nitrogens with one attached hydrogen (secondary N) is 1. The van der Waals surface area contributed by atoms with Gasteiger partial charge in [0, 0.05) is 24.7 Å². The number of anilines is 1. The zero-order chi connectivity index (χ0) is 16.3. The molecule has 3 rings (SSSR count). The van der Waals surface area contributed by atoms with E-state index >= 15 is 0 Å². The minimum absolute atomic E-state index is 0.0230. The number of nitrogens with zero attached hydrogens (tertiary/aromatic N) is 4. The topological polar surface area (TPSA) is 55.6 Å². The summed E-state index contributed by atoms with van der Waals surface area (Å²) in [5, 5.41) is 8.16. The third kappa shape index (κ3) is 3.58. The Balaban J connectivity index is 1.56. The lowest BCUT2D eigenvalue weighted by atomic mass is 10.2. The van der Waals surface area contributed by atoms with Crippen molar-refractivity contribution >= 4 is 16.9 Å². The summed E-state index contributed by atoms with van der Waals surface area (Å²) in [5.74, 6) is -0.0230. The lowest BCUT2D eigenvalue weighted by molar-refractivity contribution is -0.141. The van der Waals surface area contributed by atoms with Crippen molar-refractivity contribution in [2.24, 2.45) is 0 Å². The second-order valence-corrected chi connectivity index (χ2v) is 4.97. The van der Waals surface area contributed by atoms with Crippen LogP contribution in [0.2, 0.25) is 0 Å². The largest absolute Gasteiger partial charge is 0.433 e. The number of aromatic nitrogens is 4. The van der Waals surface area contributed by atoms with Crippen LogP contribution < -0.4 is 5.32 Å². The molecule has 0 aliphatic rings. The fourth-order valence-corrected chi connectivity index (χ4v) is 2.23. The van der Waals surface area contributed by atoms with Crippen molar-refractivity contribution in [3.05, 3.63) is 48.4 Å². The van der Waals surface area contributed by atoms with E-state index in [2.05, 4.69) is 20.4 Å². The molecule has 2 aromatic heterocycles. The second-order valence-electron chi connectivity index (χ2n) is 4.97. The monoisotopic (exact) mass is 321 g/mol. The highest BCUT2D eigenvalue weighted by molar-refractivity contribution is 5.78. The van der Waals surface area contributed by atoms with Gasteiger partial charge in [0.2, 0.25) is 5.95 Å². The molecule has 0 bridgehead atoms. The molecule has 5 nitrogen and oxygen atoms in total. The number of benzene rings is 1. The maximum absolute atomic E-state index is 12.6. The van der Waals surface area contributed by atoms with E-state index in [1.165, 1.54) is 0 Å². The summed E-state index contributed by atoms with van der Waals surface area (Å²) < 4.78 is 39.5. The fourth-order valence-electron chi connectivity index (χ4n) is 2.23. The summed E-state index contributed by atoms with van der Waals surface area (Å²) in [4.78, 5) is 7.25. The third-order valence-corrected chi connectivity index (χ3v) is 3.33. The Hall–Kier alpha value is -2.64. The standard InChI is InChI=1S/C15H14F3N5/c16-15(17,18)13-6-8-20-14(22-13)19-7-3-9-23-12-5-2-1-4-11(12)10-21-23/h1-2,4-6,8,10H,3,7,9H2,(H,19,20,22). The predicted molar refractivity (Wildman–Crippen MR) is 79.9 cm³/mol. The van der Waals surface area contributed by atoms with E-state index in [9.17, 15) is 13.2 Å². The van der Waals surface area contributed by atoms with Crippen molar-refractivity contribution in [2.45, 2.75) is 19.1 Å². The van der Waals surface area contributed by atoms with Gasteiger partial charge in [0.05, 0.1) is 11.7 Å². The summed E-state index contributed by atoms with van der Waals surface area (Å²) >= 11 is 0. The zero-order valence-electron chi connectivity index (χ0n) is 12.1. The second kappa shape index (κ2) is 6.23. The SMILES string of the molecule is FC(F)(F)c1ccnc(NCCCn2ncc3ccccc32)n1. The van der Waals surface area contributed by atoms with Gasteiger partial charge in [-0.2, -0.15) is 18.3 Å². The first-order valence-electron chi connectivity index (χ1n) is 7.09. The molecule has 8 heteroatoms. The van der Waals surface area contributed by atoms with Crippen LogP contribution in [0.4, 0.5) is 19.1 Å². The summed E-state index contributed by atoms with van der Waals surface area (Å²) in [6, 6.07) is 8.69. The molecular weight excluding hydrogens is 307 g/mol.